The molecule has 1 aromatic carbocycles. The number of nitrogens with two attached hydrogens (primary N) is 1. The molecule has 0 spiro atoms. The zero-order chi connectivity index (χ0) is 19.1. The van der Waals surface area contributed by atoms with Crippen LogP contribution < -0.4 is 5.73 Å². The number of rotatable bonds is 6. The lowest BCUT2D eigenvalue weighted by Crippen LogP contribution is -2.55. The Hall–Kier alpha value is -2.08. The molecule has 2 atom stereocenters. The first-order valence-electron chi connectivity index (χ1n) is 9.38. The van der Waals surface area contributed by atoms with Gasteiger partial charge in [0.2, 0.25) is 5.91 Å². The molecule has 0 aromatic heterocycles. The van der Waals surface area contributed by atoms with Crippen molar-refractivity contribution in [2.75, 3.05) is 20.1 Å². The van der Waals surface area contributed by atoms with E-state index in [-0.39, 0.29) is 30.6 Å². The van der Waals surface area contributed by atoms with Gasteiger partial charge in [0.1, 0.15) is 6.61 Å². The van der Waals surface area contributed by atoms with Gasteiger partial charge in [0.25, 0.3) is 0 Å². The van der Waals surface area contributed by atoms with E-state index < -0.39 is 6.04 Å². The molecule has 1 aromatic rings. The number of hydrogen-bond acceptors (Lipinski definition) is 4. The fourth-order valence-electron chi connectivity index (χ4n) is 3.18. The molecule has 0 radical (unpaired) electrons. The lowest BCUT2D eigenvalue weighted by Gasteiger charge is -2.39. The molecule has 144 valence electrons. The lowest BCUT2D eigenvalue weighted by molar-refractivity contribution is -0.137. The van der Waals surface area contributed by atoms with E-state index in [9.17, 15) is 9.59 Å². The van der Waals surface area contributed by atoms with Crippen LogP contribution in [0.25, 0.3) is 0 Å². The van der Waals surface area contributed by atoms with Crippen molar-refractivity contribution >= 4 is 12.0 Å². The maximum absolute atomic E-state index is 12.7. The zero-order valence-electron chi connectivity index (χ0n) is 16.1. The highest BCUT2D eigenvalue weighted by Crippen LogP contribution is 2.20. The number of carbonyl (C=O) groups is 2. The largest absolute Gasteiger partial charge is 0.445 e. The first-order chi connectivity index (χ1) is 12.4. The van der Waals surface area contributed by atoms with Crippen molar-refractivity contribution in [2.24, 2.45) is 11.7 Å². The summed E-state index contributed by atoms with van der Waals surface area (Å²) in [6, 6.07) is 9.09. The molecular formula is C20H31N3O3. The van der Waals surface area contributed by atoms with Gasteiger partial charge in [-0.3, -0.25) is 4.79 Å². The number of carbonyl (C=O) groups excluding carboxylic acids is 2. The Morgan fingerprint density at radius 1 is 1.27 bits per heavy atom. The Morgan fingerprint density at radius 2 is 1.96 bits per heavy atom. The highest BCUT2D eigenvalue weighted by Gasteiger charge is 2.32. The number of benzene rings is 1. The van der Waals surface area contributed by atoms with Crippen molar-refractivity contribution in [3.63, 3.8) is 0 Å². The van der Waals surface area contributed by atoms with Crippen LogP contribution in [0, 0.1) is 5.92 Å². The standard InChI is InChI=1S/C20H31N3O3/c1-15(2)18(21)19(24)23-12-8-7-11-17(23)13-22(3)20(25)26-14-16-9-5-4-6-10-16/h4-6,9-10,15,17-18H,7-8,11-14,21H2,1-3H3/t17?,18-/m0/s1. The smallest absolute Gasteiger partial charge is 0.409 e. The summed E-state index contributed by atoms with van der Waals surface area (Å²) in [5.41, 5.74) is 7.01. The van der Waals surface area contributed by atoms with Crippen LogP contribution in [-0.4, -0.2) is 54.0 Å². The monoisotopic (exact) mass is 361 g/mol. The van der Waals surface area contributed by atoms with E-state index in [1.165, 1.54) is 0 Å². The van der Waals surface area contributed by atoms with Gasteiger partial charge in [0, 0.05) is 26.2 Å². The molecule has 6 nitrogen and oxygen atoms in total. The summed E-state index contributed by atoms with van der Waals surface area (Å²) in [5, 5.41) is 0. The summed E-state index contributed by atoms with van der Waals surface area (Å²) in [5.74, 6) is 0.0781. The molecule has 1 unspecified atom stereocenters. The number of piperidine rings is 1. The number of likely N-dealkylation sites (N-methyl/N-ethyl adjacent to an activating group) is 1. The highest BCUT2D eigenvalue weighted by atomic mass is 16.6. The fraction of sp³-hybridized carbons (Fsp3) is 0.600. The van der Waals surface area contributed by atoms with Crippen molar-refractivity contribution in [2.45, 2.75) is 51.8 Å². The minimum Gasteiger partial charge on any atom is -0.445 e. The van der Waals surface area contributed by atoms with Gasteiger partial charge in [-0.2, -0.15) is 0 Å². The summed E-state index contributed by atoms with van der Waals surface area (Å²) in [6.45, 7) is 5.32. The molecule has 1 aliphatic heterocycles. The predicted molar refractivity (Wildman–Crippen MR) is 101 cm³/mol. The van der Waals surface area contributed by atoms with Gasteiger partial charge in [-0.05, 0) is 30.7 Å². The number of nitrogens with zero attached hydrogens (tertiary/aromatic N) is 2. The fourth-order valence-corrected chi connectivity index (χ4v) is 3.18. The highest BCUT2D eigenvalue weighted by molar-refractivity contribution is 5.82. The Morgan fingerprint density at radius 3 is 2.62 bits per heavy atom. The molecule has 1 aliphatic rings. The van der Waals surface area contributed by atoms with E-state index in [4.69, 9.17) is 10.5 Å². The molecule has 0 aliphatic carbocycles. The molecule has 2 rings (SSSR count). The van der Waals surface area contributed by atoms with Crippen molar-refractivity contribution in [1.29, 1.82) is 0 Å². The Balaban J connectivity index is 1.91. The predicted octanol–water partition coefficient (Wildman–Crippen LogP) is 2.62. The van der Waals surface area contributed by atoms with Gasteiger partial charge in [0.15, 0.2) is 0 Å². The van der Waals surface area contributed by atoms with Gasteiger partial charge < -0.3 is 20.3 Å². The SMILES string of the molecule is CC(C)[C@H](N)C(=O)N1CCCCC1CN(C)C(=O)OCc1ccccc1. The van der Waals surface area contributed by atoms with Crippen LogP contribution in [-0.2, 0) is 16.1 Å². The summed E-state index contributed by atoms with van der Waals surface area (Å²) >= 11 is 0. The summed E-state index contributed by atoms with van der Waals surface area (Å²) in [7, 11) is 1.72. The minimum absolute atomic E-state index is 0.00433. The molecule has 1 heterocycles. The van der Waals surface area contributed by atoms with Gasteiger partial charge in [0.05, 0.1) is 6.04 Å². The van der Waals surface area contributed by atoms with E-state index in [2.05, 4.69) is 0 Å². The van der Waals surface area contributed by atoms with Crippen molar-refractivity contribution < 1.29 is 14.3 Å². The van der Waals surface area contributed by atoms with Crippen LogP contribution in [0.2, 0.25) is 0 Å². The Bertz CT molecular complexity index is 591. The van der Waals surface area contributed by atoms with Crippen molar-refractivity contribution in [3.8, 4) is 0 Å². The third-order valence-corrected chi connectivity index (χ3v) is 4.92. The van der Waals surface area contributed by atoms with Crippen molar-refractivity contribution in [1.82, 2.24) is 9.80 Å². The van der Waals surface area contributed by atoms with E-state index in [0.29, 0.717) is 13.1 Å². The molecule has 1 saturated heterocycles. The topological polar surface area (TPSA) is 75.9 Å². The Labute approximate surface area is 156 Å². The number of hydrogen-bond donors (Lipinski definition) is 1. The number of likely N-dealkylation sites (tertiary alicyclic amines) is 1. The van der Waals surface area contributed by atoms with Crippen LogP contribution in [0.3, 0.4) is 0 Å². The van der Waals surface area contributed by atoms with Gasteiger partial charge in [-0.25, -0.2) is 4.79 Å². The van der Waals surface area contributed by atoms with Crippen LogP contribution in [0.15, 0.2) is 30.3 Å². The molecule has 6 heteroatoms. The van der Waals surface area contributed by atoms with Crippen LogP contribution in [0.5, 0.6) is 0 Å². The van der Waals surface area contributed by atoms with Gasteiger partial charge in [-0.15, -0.1) is 0 Å². The second-order valence-corrected chi connectivity index (χ2v) is 7.37. The maximum atomic E-state index is 12.7. The van der Waals surface area contributed by atoms with Crippen LogP contribution in [0.1, 0.15) is 38.7 Å². The average Bonchev–Trinajstić information content (AvgIpc) is 2.66. The van der Waals surface area contributed by atoms with E-state index >= 15 is 0 Å². The van der Waals surface area contributed by atoms with Crippen LogP contribution in [0.4, 0.5) is 4.79 Å². The first kappa shape index (κ1) is 20.2. The van der Waals surface area contributed by atoms with E-state index in [1.54, 1.807) is 11.9 Å². The van der Waals surface area contributed by atoms with Gasteiger partial charge in [-0.1, -0.05) is 44.2 Å². The number of amides is 2. The third-order valence-electron chi connectivity index (χ3n) is 4.92. The van der Waals surface area contributed by atoms with E-state index in [0.717, 1.165) is 24.8 Å². The minimum atomic E-state index is -0.495. The summed E-state index contributed by atoms with van der Waals surface area (Å²) in [6.07, 6.45) is 2.54. The second-order valence-electron chi connectivity index (χ2n) is 7.37. The first-order valence-corrected chi connectivity index (χ1v) is 9.38. The van der Waals surface area contributed by atoms with E-state index in [1.807, 2.05) is 49.1 Å². The zero-order valence-corrected chi connectivity index (χ0v) is 16.1. The summed E-state index contributed by atoms with van der Waals surface area (Å²) in [4.78, 5) is 28.4. The maximum Gasteiger partial charge on any atom is 0.409 e. The third kappa shape index (κ3) is 5.46. The summed E-state index contributed by atoms with van der Waals surface area (Å²) < 4.78 is 5.37. The normalized spacial score (nSPS) is 18.5. The molecule has 1 fully saturated rings. The van der Waals surface area contributed by atoms with Crippen molar-refractivity contribution in [3.05, 3.63) is 35.9 Å². The molecule has 26 heavy (non-hydrogen) atoms. The van der Waals surface area contributed by atoms with Gasteiger partial charge >= 0.3 is 6.09 Å². The molecule has 2 N–H and O–H groups in total. The molecule has 0 saturated carbocycles. The lowest BCUT2D eigenvalue weighted by atomic mass is 9.97. The Kier molecular flexibility index (Phi) is 7.45. The number of ether oxygens (including phenoxy) is 1. The molecular weight excluding hydrogens is 330 g/mol. The average molecular weight is 361 g/mol. The quantitative estimate of drug-likeness (QED) is 0.845. The molecule has 2 amide bonds. The van der Waals surface area contributed by atoms with Crippen LogP contribution >= 0.6 is 0 Å². The molecule has 0 bridgehead atoms. The second kappa shape index (κ2) is 9.57.